The summed E-state index contributed by atoms with van der Waals surface area (Å²) in [6.45, 7) is 0. The molecule has 1 aromatic rings. The first-order valence-corrected chi connectivity index (χ1v) is 4.09. The maximum Gasteiger partial charge on any atom is 0.303 e. The Kier molecular flexibility index (Phi) is 3.34. The van der Waals surface area contributed by atoms with Gasteiger partial charge >= 0.3 is 5.97 Å². The molecular weight excluding hydrogens is 187 g/mol. The molecule has 0 unspecified atom stereocenters. The van der Waals surface area contributed by atoms with E-state index in [1.54, 1.807) is 0 Å². The number of carbonyl (C=O) groups is 2. The summed E-state index contributed by atoms with van der Waals surface area (Å²) in [5.74, 6) is -1.43. The van der Waals surface area contributed by atoms with Gasteiger partial charge in [-0.15, -0.1) is 0 Å². The number of carbonyl (C=O) groups excluding carboxylic acids is 1. The van der Waals surface area contributed by atoms with Crippen LogP contribution >= 0.6 is 0 Å². The van der Waals surface area contributed by atoms with Crippen LogP contribution in [0.1, 0.15) is 22.3 Å². The van der Waals surface area contributed by atoms with Crippen LogP contribution < -0.4 is 0 Å². The smallest absolute Gasteiger partial charge is 0.303 e. The van der Waals surface area contributed by atoms with Gasteiger partial charge < -0.3 is 5.11 Å². The van der Waals surface area contributed by atoms with Gasteiger partial charge in [-0.25, -0.2) is 4.39 Å². The van der Waals surface area contributed by atoms with Gasteiger partial charge in [-0.1, -0.05) is 6.07 Å². The Morgan fingerprint density at radius 3 is 2.79 bits per heavy atom. The highest BCUT2D eigenvalue weighted by Gasteiger charge is 2.05. The van der Waals surface area contributed by atoms with E-state index < -0.39 is 11.8 Å². The third kappa shape index (κ3) is 2.65. The Balaban J connectivity index is 2.85. The second-order valence-electron chi connectivity index (χ2n) is 2.85. The summed E-state index contributed by atoms with van der Waals surface area (Å²) in [6, 6.07) is 3.75. The molecule has 0 aliphatic rings. The largest absolute Gasteiger partial charge is 0.481 e. The Morgan fingerprint density at radius 1 is 1.50 bits per heavy atom. The summed E-state index contributed by atoms with van der Waals surface area (Å²) in [7, 11) is 0. The minimum Gasteiger partial charge on any atom is -0.481 e. The summed E-state index contributed by atoms with van der Waals surface area (Å²) in [6.07, 6.45) is 0.705. The summed E-state index contributed by atoms with van der Waals surface area (Å²) in [4.78, 5) is 20.8. The fraction of sp³-hybridized carbons (Fsp3) is 0.200. The first-order valence-electron chi connectivity index (χ1n) is 4.09. The zero-order valence-electron chi connectivity index (χ0n) is 7.37. The van der Waals surface area contributed by atoms with Gasteiger partial charge in [0.15, 0.2) is 0 Å². The molecule has 0 saturated carbocycles. The van der Waals surface area contributed by atoms with Gasteiger partial charge in [0.05, 0.1) is 0 Å². The van der Waals surface area contributed by atoms with Crippen LogP contribution in [0.3, 0.4) is 0 Å². The van der Waals surface area contributed by atoms with Crippen molar-refractivity contribution in [3.8, 4) is 0 Å². The zero-order valence-corrected chi connectivity index (χ0v) is 7.37. The lowest BCUT2D eigenvalue weighted by molar-refractivity contribution is -0.136. The minimum atomic E-state index is -0.939. The molecule has 0 heterocycles. The Hall–Kier alpha value is -1.71. The van der Waals surface area contributed by atoms with Gasteiger partial charge in [0, 0.05) is 12.0 Å². The van der Waals surface area contributed by atoms with E-state index in [1.807, 2.05) is 0 Å². The van der Waals surface area contributed by atoms with E-state index in [-0.39, 0.29) is 18.4 Å². The first-order chi connectivity index (χ1) is 6.63. The van der Waals surface area contributed by atoms with Crippen LogP contribution in [0.5, 0.6) is 0 Å². The topological polar surface area (TPSA) is 54.4 Å². The third-order valence-corrected chi connectivity index (χ3v) is 1.84. The Bertz CT molecular complexity index is 360. The molecule has 0 radical (unpaired) electrons. The molecule has 1 N–H and O–H groups in total. The predicted molar refractivity (Wildman–Crippen MR) is 47.7 cm³/mol. The first kappa shape index (κ1) is 10.4. The maximum atomic E-state index is 12.7. The molecule has 0 amide bonds. The van der Waals surface area contributed by atoms with Crippen molar-refractivity contribution in [2.75, 3.05) is 0 Å². The van der Waals surface area contributed by atoms with Gasteiger partial charge in [-0.2, -0.15) is 0 Å². The minimum absolute atomic E-state index is 0.0630. The summed E-state index contributed by atoms with van der Waals surface area (Å²) in [5, 5.41) is 8.43. The van der Waals surface area contributed by atoms with Crippen LogP contribution in [-0.4, -0.2) is 17.4 Å². The molecule has 1 rings (SSSR count). The molecule has 0 aliphatic heterocycles. The summed E-state index contributed by atoms with van der Waals surface area (Å²) >= 11 is 0. The fourth-order valence-electron chi connectivity index (χ4n) is 1.14. The monoisotopic (exact) mass is 196 g/mol. The molecule has 0 bridgehead atoms. The van der Waals surface area contributed by atoms with Crippen molar-refractivity contribution >= 4 is 12.3 Å². The summed E-state index contributed by atoms with van der Waals surface area (Å²) < 4.78 is 12.7. The van der Waals surface area contributed by atoms with Gasteiger partial charge in [-0.3, -0.25) is 9.59 Å². The highest BCUT2D eigenvalue weighted by atomic mass is 19.1. The number of rotatable bonds is 4. The molecule has 0 aliphatic carbocycles. The van der Waals surface area contributed by atoms with E-state index in [1.165, 1.54) is 12.1 Å². The summed E-state index contributed by atoms with van der Waals surface area (Å²) in [5.41, 5.74) is 0.773. The number of carboxylic acids is 1. The second-order valence-corrected chi connectivity index (χ2v) is 2.85. The van der Waals surface area contributed by atoms with E-state index in [0.29, 0.717) is 11.8 Å². The van der Waals surface area contributed by atoms with Crippen LogP contribution in [0.2, 0.25) is 0 Å². The molecule has 74 valence electrons. The number of aliphatic carboxylic acids is 1. The van der Waals surface area contributed by atoms with Crippen LogP contribution in [0.25, 0.3) is 0 Å². The van der Waals surface area contributed by atoms with Crippen molar-refractivity contribution in [1.29, 1.82) is 0 Å². The number of carboxylic acid groups (broad SMARTS) is 1. The molecule has 3 nitrogen and oxygen atoms in total. The molecule has 0 atom stereocenters. The van der Waals surface area contributed by atoms with E-state index in [4.69, 9.17) is 5.11 Å². The zero-order chi connectivity index (χ0) is 10.6. The molecule has 4 heteroatoms. The van der Waals surface area contributed by atoms with Crippen LogP contribution in [-0.2, 0) is 11.2 Å². The number of hydrogen-bond donors (Lipinski definition) is 1. The highest BCUT2D eigenvalue weighted by molar-refractivity contribution is 5.77. The number of benzene rings is 1. The SMILES string of the molecule is O=Cc1cc(F)ccc1CCC(=O)O. The van der Waals surface area contributed by atoms with E-state index >= 15 is 0 Å². The van der Waals surface area contributed by atoms with E-state index in [2.05, 4.69) is 0 Å². The molecule has 1 aromatic carbocycles. The number of halogens is 1. The lowest BCUT2D eigenvalue weighted by Gasteiger charge is -2.02. The van der Waals surface area contributed by atoms with Crippen molar-refractivity contribution in [3.05, 3.63) is 35.1 Å². The van der Waals surface area contributed by atoms with Gasteiger partial charge in [-0.05, 0) is 24.1 Å². The van der Waals surface area contributed by atoms with E-state index in [9.17, 15) is 14.0 Å². The Morgan fingerprint density at radius 2 is 2.21 bits per heavy atom. The Labute approximate surface area is 80.2 Å². The average Bonchev–Trinajstić information content (AvgIpc) is 2.15. The molecule has 0 saturated heterocycles. The fourth-order valence-corrected chi connectivity index (χ4v) is 1.14. The van der Waals surface area contributed by atoms with Crippen molar-refractivity contribution in [2.24, 2.45) is 0 Å². The van der Waals surface area contributed by atoms with Gasteiger partial charge in [0.2, 0.25) is 0 Å². The molecule has 0 aromatic heterocycles. The lowest BCUT2D eigenvalue weighted by atomic mass is 10.0. The molecule has 14 heavy (non-hydrogen) atoms. The van der Waals surface area contributed by atoms with Crippen molar-refractivity contribution < 1.29 is 19.1 Å². The second kappa shape index (κ2) is 4.50. The normalized spacial score (nSPS) is 9.79. The van der Waals surface area contributed by atoms with Crippen LogP contribution in [0.4, 0.5) is 4.39 Å². The maximum absolute atomic E-state index is 12.7. The average molecular weight is 196 g/mol. The van der Waals surface area contributed by atoms with Crippen molar-refractivity contribution in [1.82, 2.24) is 0 Å². The van der Waals surface area contributed by atoms with Gasteiger partial charge in [0.1, 0.15) is 12.1 Å². The van der Waals surface area contributed by atoms with Gasteiger partial charge in [0.25, 0.3) is 0 Å². The number of aldehydes is 1. The standard InChI is InChI=1S/C10H9FO3/c11-9-3-1-7(2-4-10(13)14)8(5-9)6-12/h1,3,5-6H,2,4H2,(H,13,14). The van der Waals surface area contributed by atoms with Crippen molar-refractivity contribution in [3.63, 3.8) is 0 Å². The van der Waals surface area contributed by atoms with Crippen LogP contribution in [0, 0.1) is 5.82 Å². The number of hydrogen-bond acceptors (Lipinski definition) is 2. The quantitative estimate of drug-likeness (QED) is 0.745. The van der Waals surface area contributed by atoms with Crippen LogP contribution in [0.15, 0.2) is 18.2 Å². The highest BCUT2D eigenvalue weighted by Crippen LogP contribution is 2.11. The van der Waals surface area contributed by atoms with E-state index in [0.717, 1.165) is 6.07 Å². The third-order valence-electron chi connectivity index (χ3n) is 1.84. The lowest BCUT2D eigenvalue weighted by Crippen LogP contribution is -2.00. The molecule has 0 fully saturated rings. The number of aryl methyl sites for hydroxylation is 1. The molecule has 0 spiro atoms. The molecular formula is C10H9FO3. The predicted octanol–water partition coefficient (Wildman–Crippen LogP) is 1.66. The van der Waals surface area contributed by atoms with Crippen molar-refractivity contribution in [2.45, 2.75) is 12.8 Å².